The second-order valence-electron chi connectivity index (χ2n) is 10.3. The van der Waals surface area contributed by atoms with Gasteiger partial charge in [-0.2, -0.15) is 0 Å². The van der Waals surface area contributed by atoms with E-state index in [1.165, 1.54) is 15.9 Å². The molecular formula is C33H36IO2P. The summed E-state index contributed by atoms with van der Waals surface area (Å²) in [6.07, 6.45) is 7.01. The first kappa shape index (κ1) is 29.2. The van der Waals surface area contributed by atoms with Gasteiger partial charge < -0.3 is 29.1 Å². The van der Waals surface area contributed by atoms with Gasteiger partial charge in [-0.05, 0) is 79.3 Å². The minimum atomic E-state index is -1.93. The Balaban J connectivity index is 0.00000380. The van der Waals surface area contributed by atoms with E-state index in [9.17, 15) is 9.90 Å². The van der Waals surface area contributed by atoms with Crippen LogP contribution in [0.1, 0.15) is 34.1 Å². The highest BCUT2D eigenvalue weighted by atomic mass is 127. The van der Waals surface area contributed by atoms with Crippen molar-refractivity contribution in [3.8, 4) is 0 Å². The monoisotopic (exact) mass is 622 g/mol. The molecule has 1 N–H and O–H groups in total. The van der Waals surface area contributed by atoms with Crippen molar-refractivity contribution in [1.29, 1.82) is 0 Å². The minimum absolute atomic E-state index is 0. The van der Waals surface area contributed by atoms with Gasteiger partial charge in [-0.3, -0.25) is 4.79 Å². The molecule has 0 aromatic heterocycles. The van der Waals surface area contributed by atoms with E-state index in [0.29, 0.717) is 12.0 Å². The maximum atomic E-state index is 12.4. The number of carbonyl (C=O) groups excluding carboxylic acids is 1. The zero-order chi connectivity index (χ0) is 25.8. The average Bonchev–Trinajstić information content (AvgIpc) is 2.89. The number of ketones is 1. The summed E-state index contributed by atoms with van der Waals surface area (Å²) >= 11 is 0. The summed E-state index contributed by atoms with van der Waals surface area (Å²) in [5, 5.41) is 14.3. The van der Waals surface area contributed by atoms with Gasteiger partial charge in [0.2, 0.25) is 0 Å². The molecule has 1 unspecified atom stereocenters. The SMILES string of the molecule is CC(=CC[P+](c1ccccc1)(c1ccccc1)c1ccccc1)/C=C/C1=C(C)C(=O)C(O)CC1(C)C.[I-]. The van der Waals surface area contributed by atoms with Crippen LogP contribution < -0.4 is 39.9 Å². The van der Waals surface area contributed by atoms with Crippen molar-refractivity contribution < 1.29 is 33.9 Å². The molecule has 37 heavy (non-hydrogen) atoms. The molecule has 1 atom stereocenters. The van der Waals surface area contributed by atoms with Crippen LogP contribution in [0, 0.1) is 5.41 Å². The van der Waals surface area contributed by atoms with E-state index < -0.39 is 13.4 Å². The molecule has 4 rings (SSSR count). The lowest BCUT2D eigenvalue weighted by molar-refractivity contribution is -0.125. The number of aliphatic hydroxyl groups is 1. The Labute approximate surface area is 239 Å². The van der Waals surface area contributed by atoms with Gasteiger partial charge in [-0.15, -0.1) is 0 Å². The van der Waals surface area contributed by atoms with E-state index in [-0.39, 0.29) is 35.2 Å². The largest absolute Gasteiger partial charge is 1.00 e. The molecule has 0 bridgehead atoms. The fraction of sp³-hybridized carbons (Fsp3) is 0.242. The molecule has 0 aliphatic heterocycles. The Bertz CT molecular complexity index is 1200. The molecular weight excluding hydrogens is 586 g/mol. The first-order valence-corrected chi connectivity index (χ1v) is 14.6. The van der Waals surface area contributed by atoms with E-state index in [2.05, 4.69) is 130 Å². The van der Waals surface area contributed by atoms with Gasteiger partial charge in [0.25, 0.3) is 0 Å². The quantitative estimate of drug-likeness (QED) is 0.250. The van der Waals surface area contributed by atoms with Gasteiger partial charge >= 0.3 is 0 Å². The van der Waals surface area contributed by atoms with E-state index in [4.69, 9.17) is 0 Å². The highest BCUT2D eigenvalue weighted by Gasteiger charge is 2.44. The van der Waals surface area contributed by atoms with Gasteiger partial charge in [0, 0.05) is 0 Å². The smallest absolute Gasteiger partial charge is 0.187 e. The molecule has 0 saturated carbocycles. The molecule has 2 nitrogen and oxygen atoms in total. The van der Waals surface area contributed by atoms with Crippen molar-refractivity contribution in [2.24, 2.45) is 5.41 Å². The van der Waals surface area contributed by atoms with Crippen LogP contribution in [0.5, 0.6) is 0 Å². The third-order valence-corrected chi connectivity index (χ3v) is 11.6. The van der Waals surface area contributed by atoms with Gasteiger partial charge in [0.1, 0.15) is 29.3 Å². The summed E-state index contributed by atoms with van der Waals surface area (Å²) < 4.78 is 0. The topological polar surface area (TPSA) is 37.3 Å². The van der Waals surface area contributed by atoms with E-state index in [1.807, 2.05) is 6.92 Å². The Hall–Kier alpha value is -2.33. The molecule has 3 aromatic rings. The number of Topliss-reactive ketones (excluding diaryl/α,β-unsaturated/α-hetero) is 1. The van der Waals surface area contributed by atoms with Gasteiger partial charge in [-0.1, -0.05) is 86.2 Å². The number of carbonyl (C=O) groups is 1. The zero-order valence-electron chi connectivity index (χ0n) is 22.1. The van der Waals surface area contributed by atoms with Crippen LogP contribution in [0.4, 0.5) is 0 Å². The van der Waals surface area contributed by atoms with Crippen LogP contribution in [0.25, 0.3) is 0 Å². The Morgan fingerprint density at radius 1 is 0.892 bits per heavy atom. The summed E-state index contributed by atoms with van der Waals surface area (Å²) in [6, 6.07) is 32.7. The van der Waals surface area contributed by atoms with Crippen molar-refractivity contribution >= 4 is 29.0 Å². The number of halogens is 1. The van der Waals surface area contributed by atoms with Crippen molar-refractivity contribution in [3.05, 3.63) is 126 Å². The second-order valence-corrected chi connectivity index (χ2v) is 13.8. The van der Waals surface area contributed by atoms with Crippen molar-refractivity contribution in [1.82, 2.24) is 0 Å². The summed E-state index contributed by atoms with van der Waals surface area (Å²) in [4.78, 5) is 12.4. The van der Waals surface area contributed by atoms with Gasteiger partial charge in [-0.25, -0.2) is 0 Å². The van der Waals surface area contributed by atoms with Crippen LogP contribution in [0.2, 0.25) is 0 Å². The average molecular weight is 623 g/mol. The van der Waals surface area contributed by atoms with Crippen LogP contribution in [-0.2, 0) is 4.79 Å². The summed E-state index contributed by atoms with van der Waals surface area (Å²) in [5.41, 5.74) is 2.60. The van der Waals surface area contributed by atoms with Crippen LogP contribution in [-0.4, -0.2) is 23.2 Å². The number of hydrogen-bond acceptors (Lipinski definition) is 2. The lowest BCUT2D eigenvalue weighted by atomic mass is 9.71. The molecule has 0 saturated heterocycles. The number of aliphatic hydroxyl groups excluding tert-OH is 1. The van der Waals surface area contributed by atoms with Gasteiger partial charge in [0.05, 0.1) is 6.16 Å². The maximum Gasteiger partial charge on any atom is 0.187 e. The van der Waals surface area contributed by atoms with E-state index >= 15 is 0 Å². The third-order valence-electron chi connectivity index (χ3n) is 7.30. The summed E-state index contributed by atoms with van der Waals surface area (Å²) in [5.74, 6) is -0.155. The van der Waals surface area contributed by atoms with Crippen molar-refractivity contribution in [2.45, 2.75) is 40.2 Å². The molecule has 0 fully saturated rings. The van der Waals surface area contributed by atoms with E-state index in [1.54, 1.807) is 0 Å². The fourth-order valence-corrected chi connectivity index (χ4v) is 9.43. The minimum Gasteiger partial charge on any atom is -1.00 e. The molecule has 1 aliphatic rings. The number of hydrogen-bond donors (Lipinski definition) is 1. The molecule has 1 aliphatic carbocycles. The number of allylic oxidation sites excluding steroid dienone is 5. The molecule has 0 heterocycles. The lowest BCUT2D eigenvalue weighted by Gasteiger charge is -2.34. The summed E-state index contributed by atoms with van der Waals surface area (Å²) in [6.45, 7) is 8.17. The zero-order valence-corrected chi connectivity index (χ0v) is 25.1. The molecule has 3 aromatic carbocycles. The molecule has 0 amide bonds. The van der Waals surface area contributed by atoms with Crippen LogP contribution in [0.3, 0.4) is 0 Å². The molecule has 0 radical (unpaired) electrons. The predicted octanol–water partition coefficient (Wildman–Crippen LogP) is 3.16. The standard InChI is InChI=1S/C33H36O2P.HI/c1-25(20-21-30-26(2)32(35)31(34)24-33(30,3)4)22-23-36(27-14-8-5-9-15-27,28-16-10-6-11-17-28)29-18-12-7-13-19-29;/h5-22,31,34H,23-24H2,1-4H3;1H/q+1;/p-1/b21-20+,25-22?;. The fourth-order valence-electron chi connectivity index (χ4n) is 5.30. The molecule has 0 spiro atoms. The van der Waals surface area contributed by atoms with Crippen molar-refractivity contribution in [3.63, 3.8) is 0 Å². The Kier molecular flexibility index (Phi) is 9.86. The van der Waals surface area contributed by atoms with E-state index in [0.717, 1.165) is 17.3 Å². The lowest BCUT2D eigenvalue weighted by Crippen LogP contribution is -3.00. The number of benzene rings is 3. The van der Waals surface area contributed by atoms with Crippen molar-refractivity contribution in [2.75, 3.05) is 6.16 Å². The first-order chi connectivity index (χ1) is 17.3. The van der Waals surface area contributed by atoms with Crippen LogP contribution in [0.15, 0.2) is 126 Å². The first-order valence-electron chi connectivity index (χ1n) is 12.6. The predicted molar refractivity (Wildman–Crippen MR) is 155 cm³/mol. The Morgan fingerprint density at radius 2 is 1.32 bits per heavy atom. The highest BCUT2D eigenvalue weighted by Crippen LogP contribution is 2.55. The molecule has 192 valence electrons. The maximum absolute atomic E-state index is 12.4. The molecule has 4 heteroatoms. The Morgan fingerprint density at radius 3 is 1.76 bits per heavy atom. The normalized spacial score (nSPS) is 18.1. The highest BCUT2D eigenvalue weighted by molar-refractivity contribution is 7.95. The van der Waals surface area contributed by atoms with Crippen LogP contribution >= 0.6 is 7.26 Å². The summed E-state index contributed by atoms with van der Waals surface area (Å²) in [7, 11) is -1.93. The number of rotatable bonds is 7. The third kappa shape index (κ3) is 6.22. The van der Waals surface area contributed by atoms with Gasteiger partial charge in [0.15, 0.2) is 5.78 Å². The second kappa shape index (κ2) is 12.5.